The second-order valence-corrected chi connectivity index (χ2v) is 6.23. The zero-order valence-electron chi connectivity index (χ0n) is 11.9. The molecule has 0 spiro atoms. The minimum atomic E-state index is -0.497. The van der Waals surface area contributed by atoms with E-state index >= 15 is 0 Å². The number of thiophene rings is 1. The first-order valence-corrected chi connectivity index (χ1v) is 7.67. The second-order valence-electron chi connectivity index (χ2n) is 4.52. The van der Waals surface area contributed by atoms with E-state index in [1.54, 1.807) is 18.2 Å². The number of hydrogen-bond acceptors (Lipinski definition) is 6. The Labute approximate surface area is 140 Å². The molecule has 2 aromatic heterocycles. The number of hydrogen-bond donors (Lipinski definition) is 2. The fourth-order valence-electron chi connectivity index (χ4n) is 1.88. The number of ether oxygens (including phenoxy) is 1. The molecule has 6 nitrogen and oxygen atoms in total. The Kier molecular flexibility index (Phi) is 4.22. The van der Waals surface area contributed by atoms with Gasteiger partial charge >= 0.3 is 0 Å². The first-order chi connectivity index (χ1) is 11.1. The Bertz CT molecular complexity index is 859. The minimum absolute atomic E-state index is 0.0970. The normalized spacial score (nSPS) is 10.5. The van der Waals surface area contributed by atoms with Gasteiger partial charge < -0.3 is 19.7 Å². The van der Waals surface area contributed by atoms with Crippen LogP contribution in [0, 0.1) is 0 Å². The van der Waals surface area contributed by atoms with E-state index in [4.69, 9.17) is 20.9 Å². The first kappa shape index (κ1) is 15.4. The third-order valence-corrected chi connectivity index (χ3v) is 4.26. The summed E-state index contributed by atoms with van der Waals surface area (Å²) in [6.07, 6.45) is 0. The van der Waals surface area contributed by atoms with Crippen LogP contribution in [0.4, 0.5) is 5.69 Å². The monoisotopic (exact) mass is 350 g/mol. The lowest BCUT2D eigenvalue weighted by molar-refractivity contribution is 0.101. The number of carbonyl (C=O) groups is 1. The molecule has 0 unspecified atom stereocenters. The van der Waals surface area contributed by atoms with Crippen molar-refractivity contribution in [1.29, 1.82) is 0 Å². The van der Waals surface area contributed by atoms with Gasteiger partial charge in [0, 0.05) is 12.1 Å². The average molecular weight is 351 g/mol. The van der Waals surface area contributed by atoms with Crippen LogP contribution in [0.5, 0.6) is 11.5 Å². The van der Waals surface area contributed by atoms with Crippen molar-refractivity contribution < 1.29 is 19.2 Å². The van der Waals surface area contributed by atoms with Crippen molar-refractivity contribution >= 4 is 34.5 Å². The lowest BCUT2D eigenvalue weighted by Gasteiger charge is -2.07. The molecule has 2 N–H and O–H groups in total. The van der Waals surface area contributed by atoms with Crippen molar-refractivity contribution in [3.63, 3.8) is 0 Å². The highest BCUT2D eigenvalue weighted by atomic mass is 35.5. The molecule has 2 heterocycles. The largest absolute Gasteiger partial charge is 0.506 e. The van der Waals surface area contributed by atoms with E-state index in [1.807, 2.05) is 0 Å². The standard InChI is InChI=1S/C15H11ClN2O4S/c1-21-8-2-3-9(11(19)6-8)17-15(20)10-7-12(22-18-10)13-4-5-14(16)23-13/h2-7,19H,1H3,(H,17,20). The number of anilines is 1. The van der Waals surface area contributed by atoms with E-state index in [0.29, 0.717) is 15.8 Å². The number of methoxy groups -OCH3 is 1. The Morgan fingerprint density at radius 1 is 1.35 bits per heavy atom. The molecule has 1 amide bonds. The van der Waals surface area contributed by atoms with E-state index in [2.05, 4.69) is 10.5 Å². The number of rotatable bonds is 4. The van der Waals surface area contributed by atoms with Gasteiger partial charge in [0.25, 0.3) is 5.91 Å². The molecule has 0 bridgehead atoms. The molecule has 0 fully saturated rings. The Hall–Kier alpha value is -2.51. The van der Waals surface area contributed by atoms with Crippen LogP contribution in [0.1, 0.15) is 10.5 Å². The van der Waals surface area contributed by atoms with E-state index in [1.165, 1.54) is 36.6 Å². The highest BCUT2D eigenvalue weighted by Crippen LogP contribution is 2.32. The molecule has 23 heavy (non-hydrogen) atoms. The summed E-state index contributed by atoms with van der Waals surface area (Å²) in [5.74, 6) is 0.333. The zero-order chi connectivity index (χ0) is 16.4. The van der Waals surface area contributed by atoms with Gasteiger partial charge in [-0.05, 0) is 24.3 Å². The maximum atomic E-state index is 12.2. The molecule has 0 saturated carbocycles. The quantitative estimate of drug-likeness (QED) is 0.694. The van der Waals surface area contributed by atoms with Gasteiger partial charge in [-0.25, -0.2) is 0 Å². The number of phenolic OH excluding ortho intramolecular Hbond substituents is 1. The van der Waals surface area contributed by atoms with Gasteiger partial charge in [-0.1, -0.05) is 16.8 Å². The maximum Gasteiger partial charge on any atom is 0.277 e. The van der Waals surface area contributed by atoms with E-state index in [9.17, 15) is 9.90 Å². The summed E-state index contributed by atoms with van der Waals surface area (Å²) in [4.78, 5) is 12.9. The summed E-state index contributed by atoms with van der Waals surface area (Å²) >= 11 is 7.19. The SMILES string of the molecule is COc1ccc(NC(=O)c2cc(-c3ccc(Cl)s3)on2)c(O)c1. The summed E-state index contributed by atoms with van der Waals surface area (Å²) in [5.41, 5.74) is 0.347. The molecular weight excluding hydrogens is 340 g/mol. The van der Waals surface area contributed by atoms with E-state index in [-0.39, 0.29) is 17.1 Å². The number of aromatic nitrogens is 1. The van der Waals surface area contributed by atoms with E-state index in [0.717, 1.165) is 4.88 Å². The van der Waals surface area contributed by atoms with E-state index < -0.39 is 5.91 Å². The summed E-state index contributed by atoms with van der Waals surface area (Å²) in [5, 5.41) is 16.1. The van der Waals surface area contributed by atoms with Crippen LogP contribution in [0.3, 0.4) is 0 Å². The third kappa shape index (κ3) is 3.30. The number of carbonyl (C=O) groups excluding carboxylic acids is 1. The fraction of sp³-hybridized carbons (Fsp3) is 0.0667. The summed E-state index contributed by atoms with van der Waals surface area (Å²) < 4.78 is 10.7. The number of nitrogens with one attached hydrogen (secondary N) is 1. The predicted molar refractivity (Wildman–Crippen MR) is 87.4 cm³/mol. The number of benzene rings is 1. The molecular formula is C15H11ClN2O4S. The van der Waals surface area contributed by atoms with Crippen LogP contribution in [0.2, 0.25) is 4.34 Å². The Balaban J connectivity index is 1.77. The summed E-state index contributed by atoms with van der Waals surface area (Å²) in [7, 11) is 1.49. The van der Waals surface area contributed by atoms with Crippen LogP contribution < -0.4 is 10.1 Å². The Morgan fingerprint density at radius 3 is 2.83 bits per heavy atom. The lowest BCUT2D eigenvalue weighted by atomic mass is 10.2. The molecule has 1 aromatic carbocycles. The average Bonchev–Trinajstić information content (AvgIpc) is 3.18. The molecule has 0 aliphatic carbocycles. The minimum Gasteiger partial charge on any atom is -0.506 e. The van der Waals surface area contributed by atoms with Crippen molar-refractivity contribution in [3.8, 4) is 22.1 Å². The molecule has 0 radical (unpaired) electrons. The topological polar surface area (TPSA) is 84.6 Å². The van der Waals surface area contributed by atoms with Crippen molar-refractivity contribution in [1.82, 2.24) is 5.16 Å². The van der Waals surface area contributed by atoms with Crippen molar-refractivity contribution in [2.75, 3.05) is 12.4 Å². The van der Waals surface area contributed by atoms with Gasteiger partial charge in [-0.15, -0.1) is 11.3 Å². The Morgan fingerprint density at radius 2 is 2.17 bits per heavy atom. The number of amides is 1. The van der Waals surface area contributed by atoms with Crippen molar-refractivity contribution in [3.05, 3.63) is 46.4 Å². The molecule has 118 valence electrons. The number of phenols is 1. The molecule has 8 heteroatoms. The van der Waals surface area contributed by atoms with Crippen molar-refractivity contribution in [2.24, 2.45) is 0 Å². The molecule has 0 aliphatic heterocycles. The van der Waals surface area contributed by atoms with Gasteiger partial charge in [0.05, 0.1) is 22.0 Å². The highest BCUT2D eigenvalue weighted by molar-refractivity contribution is 7.19. The number of nitrogens with zero attached hydrogens (tertiary/aromatic N) is 1. The van der Waals surface area contributed by atoms with Gasteiger partial charge in [0.1, 0.15) is 11.5 Å². The van der Waals surface area contributed by atoms with Crippen LogP contribution in [0.15, 0.2) is 40.9 Å². The van der Waals surface area contributed by atoms with Crippen molar-refractivity contribution in [2.45, 2.75) is 0 Å². The van der Waals surface area contributed by atoms with Gasteiger partial charge in [-0.2, -0.15) is 0 Å². The molecule has 3 rings (SSSR count). The maximum absolute atomic E-state index is 12.2. The molecule has 0 saturated heterocycles. The predicted octanol–water partition coefficient (Wildman–Crippen LogP) is 4.02. The van der Waals surface area contributed by atoms with Gasteiger partial charge in [0.2, 0.25) is 0 Å². The summed E-state index contributed by atoms with van der Waals surface area (Å²) in [6.45, 7) is 0. The third-order valence-electron chi connectivity index (χ3n) is 3.01. The molecule has 0 aliphatic rings. The van der Waals surface area contributed by atoms with Crippen LogP contribution >= 0.6 is 22.9 Å². The molecule has 3 aromatic rings. The molecule has 0 atom stereocenters. The lowest BCUT2D eigenvalue weighted by Crippen LogP contribution is -2.12. The van der Waals surface area contributed by atoms with Gasteiger partial charge in [-0.3, -0.25) is 4.79 Å². The number of halogens is 1. The number of aromatic hydroxyl groups is 1. The first-order valence-electron chi connectivity index (χ1n) is 6.47. The van der Waals surface area contributed by atoms with Crippen LogP contribution in [-0.4, -0.2) is 23.3 Å². The summed E-state index contributed by atoms with van der Waals surface area (Å²) in [6, 6.07) is 9.59. The zero-order valence-corrected chi connectivity index (χ0v) is 13.4. The highest BCUT2D eigenvalue weighted by Gasteiger charge is 2.16. The smallest absolute Gasteiger partial charge is 0.277 e. The second kappa shape index (κ2) is 6.31. The van der Waals surface area contributed by atoms with Crippen LogP contribution in [0.25, 0.3) is 10.6 Å². The fourth-order valence-corrected chi connectivity index (χ4v) is 2.87. The van der Waals surface area contributed by atoms with Crippen LogP contribution in [-0.2, 0) is 0 Å². The van der Waals surface area contributed by atoms with Gasteiger partial charge in [0.15, 0.2) is 11.5 Å².